The highest BCUT2D eigenvalue weighted by Gasteiger charge is 2.51. The van der Waals surface area contributed by atoms with Crippen LogP contribution < -0.4 is 0 Å². The average Bonchev–Trinajstić information content (AvgIpc) is 2.71. The molecule has 2 aromatic rings. The van der Waals surface area contributed by atoms with Gasteiger partial charge in [0, 0.05) is 17.9 Å². The molecule has 1 aromatic heterocycles. The Morgan fingerprint density at radius 1 is 1.17 bits per heavy atom. The Bertz CT molecular complexity index is 751. The quantitative estimate of drug-likeness (QED) is 0.806. The summed E-state index contributed by atoms with van der Waals surface area (Å²) < 4.78 is 12.0. The molecule has 1 saturated heterocycles. The van der Waals surface area contributed by atoms with Crippen LogP contribution in [0.25, 0.3) is 10.9 Å². The maximum absolute atomic E-state index is 9.60. The number of rotatable bonds is 3. The van der Waals surface area contributed by atoms with Crippen LogP contribution in [0.1, 0.15) is 39.2 Å². The van der Waals surface area contributed by atoms with Crippen LogP contribution in [0.4, 0.5) is 0 Å². The molecule has 1 unspecified atom stereocenters. The van der Waals surface area contributed by atoms with E-state index in [0.29, 0.717) is 6.32 Å². The van der Waals surface area contributed by atoms with Crippen LogP contribution >= 0.6 is 0 Å². The van der Waals surface area contributed by atoms with Crippen molar-refractivity contribution in [1.82, 2.24) is 4.98 Å². The van der Waals surface area contributed by atoms with Gasteiger partial charge in [0.15, 0.2) is 0 Å². The van der Waals surface area contributed by atoms with Gasteiger partial charge in [-0.3, -0.25) is 4.98 Å². The normalized spacial score (nSPS) is 20.4. The molecule has 1 aliphatic rings. The van der Waals surface area contributed by atoms with Gasteiger partial charge in [-0.2, -0.15) is 5.26 Å². The fourth-order valence-electron chi connectivity index (χ4n) is 2.83. The summed E-state index contributed by atoms with van der Waals surface area (Å²) >= 11 is 0. The SMILES string of the molecule is CC1(C)OB(CC(C#N)c2ccc3ncccc3c2)OC1(C)C. The van der Waals surface area contributed by atoms with E-state index >= 15 is 0 Å². The molecule has 1 fully saturated rings. The molecule has 0 aliphatic carbocycles. The maximum atomic E-state index is 9.60. The van der Waals surface area contributed by atoms with Gasteiger partial charge in [0.25, 0.3) is 0 Å². The lowest BCUT2D eigenvalue weighted by atomic mass is 9.75. The van der Waals surface area contributed by atoms with E-state index in [4.69, 9.17) is 9.31 Å². The van der Waals surface area contributed by atoms with Crippen LogP contribution in [-0.2, 0) is 9.31 Å². The number of nitrogens with zero attached hydrogens (tertiary/aromatic N) is 2. The zero-order chi connectivity index (χ0) is 16.7. The Kier molecular flexibility index (Phi) is 3.91. The molecule has 23 heavy (non-hydrogen) atoms. The number of fused-ring (bicyclic) bond motifs is 1. The third-order valence-electron chi connectivity index (χ3n) is 4.92. The second-order valence-electron chi connectivity index (χ2n) is 7.06. The molecule has 5 heteroatoms. The fourth-order valence-corrected chi connectivity index (χ4v) is 2.83. The highest BCUT2D eigenvalue weighted by atomic mass is 16.7. The van der Waals surface area contributed by atoms with Crippen molar-refractivity contribution in [3.05, 3.63) is 42.1 Å². The first-order chi connectivity index (χ1) is 10.8. The van der Waals surface area contributed by atoms with E-state index in [2.05, 4.69) is 11.1 Å². The molecule has 3 rings (SSSR count). The van der Waals surface area contributed by atoms with Crippen LogP contribution in [0.3, 0.4) is 0 Å². The van der Waals surface area contributed by atoms with E-state index in [0.717, 1.165) is 16.5 Å². The second kappa shape index (κ2) is 5.63. The Hall–Kier alpha value is -1.90. The molecule has 0 radical (unpaired) electrons. The molecule has 1 aliphatic heterocycles. The highest BCUT2D eigenvalue weighted by Crippen LogP contribution is 2.39. The van der Waals surface area contributed by atoms with Gasteiger partial charge in [-0.05, 0) is 51.5 Å². The molecular weight excluding hydrogens is 287 g/mol. The second-order valence-corrected chi connectivity index (χ2v) is 7.06. The van der Waals surface area contributed by atoms with Crippen LogP contribution in [0, 0.1) is 11.3 Å². The lowest BCUT2D eigenvalue weighted by Gasteiger charge is -2.32. The topological polar surface area (TPSA) is 55.1 Å². The first kappa shape index (κ1) is 16.0. The van der Waals surface area contributed by atoms with Crippen molar-refractivity contribution in [2.24, 2.45) is 0 Å². The highest BCUT2D eigenvalue weighted by molar-refractivity contribution is 6.45. The molecule has 118 valence electrons. The summed E-state index contributed by atoms with van der Waals surface area (Å²) in [5.41, 5.74) is 1.17. The van der Waals surface area contributed by atoms with Crippen molar-refractivity contribution in [1.29, 1.82) is 5.26 Å². The van der Waals surface area contributed by atoms with E-state index in [1.54, 1.807) is 6.20 Å². The first-order valence-corrected chi connectivity index (χ1v) is 7.92. The maximum Gasteiger partial charge on any atom is 0.459 e. The summed E-state index contributed by atoms with van der Waals surface area (Å²) in [6.45, 7) is 8.10. The minimum atomic E-state index is -0.370. The smallest absolute Gasteiger partial charge is 0.403 e. The van der Waals surface area contributed by atoms with E-state index in [9.17, 15) is 5.26 Å². The standard InChI is InChI=1S/C18H21BN2O2/c1-17(2)18(3,4)23-19(22-17)11-15(12-20)13-7-8-16-14(10-13)6-5-9-21-16/h5-10,15H,11H2,1-4H3. The predicted molar refractivity (Wildman–Crippen MR) is 91.0 cm³/mol. The zero-order valence-corrected chi connectivity index (χ0v) is 14.0. The zero-order valence-electron chi connectivity index (χ0n) is 14.0. The average molecular weight is 308 g/mol. The molecule has 0 saturated carbocycles. The summed E-state index contributed by atoms with van der Waals surface area (Å²) in [6, 6.07) is 12.3. The Morgan fingerprint density at radius 2 is 1.87 bits per heavy atom. The van der Waals surface area contributed by atoms with E-state index in [1.165, 1.54) is 0 Å². The van der Waals surface area contributed by atoms with Gasteiger partial charge in [-0.25, -0.2) is 0 Å². The first-order valence-electron chi connectivity index (χ1n) is 7.92. The van der Waals surface area contributed by atoms with E-state index in [-0.39, 0.29) is 24.2 Å². The van der Waals surface area contributed by atoms with Crippen molar-refractivity contribution in [3.8, 4) is 6.07 Å². The summed E-state index contributed by atoms with van der Waals surface area (Å²) in [5, 5.41) is 10.6. The molecule has 1 aromatic carbocycles. The summed E-state index contributed by atoms with van der Waals surface area (Å²) in [5.74, 6) is -0.269. The number of hydrogen-bond acceptors (Lipinski definition) is 4. The lowest BCUT2D eigenvalue weighted by molar-refractivity contribution is 0.00578. The van der Waals surface area contributed by atoms with Crippen molar-refractivity contribution >= 4 is 18.0 Å². The van der Waals surface area contributed by atoms with Crippen molar-refractivity contribution in [2.75, 3.05) is 0 Å². The largest absolute Gasteiger partial charge is 0.459 e. The molecule has 0 amide bonds. The fraction of sp³-hybridized carbons (Fsp3) is 0.444. The summed E-state index contributed by atoms with van der Waals surface area (Å²) in [7, 11) is -0.366. The minimum Gasteiger partial charge on any atom is -0.403 e. The Balaban J connectivity index is 1.82. The monoisotopic (exact) mass is 308 g/mol. The number of hydrogen-bond donors (Lipinski definition) is 0. The van der Waals surface area contributed by atoms with Crippen LogP contribution in [-0.4, -0.2) is 23.3 Å². The van der Waals surface area contributed by atoms with Crippen LogP contribution in [0.15, 0.2) is 36.5 Å². The van der Waals surface area contributed by atoms with E-state index < -0.39 is 0 Å². The van der Waals surface area contributed by atoms with Crippen molar-refractivity contribution in [3.63, 3.8) is 0 Å². The van der Waals surface area contributed by atoms with Crippen LogP contribution in [0.2, 0.25) is 6.32 Å². The molecule has 0 spiro atoms. The third kappa shape index (κ3) is 2.97. The molecule has 0 N–H and O–H groups in total. The van der Waals surface area contributed by atoms with Gasteiger partial charge in [0.05, 0.1) is 28.7 Å². The lowest BCUT2D eigenvalue weighted by Crippen LogP contribution is -2.41. The molecule has 4 nitrogen and oxygen atoms in total. The van der Waals surface area contributed by atoms with Gasteiger partial charge < -0.3 is 9.31 Å². The number of nitriles is 1. The van der Waals surface area contributed by atoms with E-state index in [1.807, 2.05) is 58.0 Å². The molecule has 0 bridgehead atoms. The van der Waals surface area contributed by atoms with Gasteiger partial charge in [-0.1, -0.05) is 12.1 Å². The summed E-state index contributed by atoms with van der Waals surface area (Å²) in [6.07, 6.45) is 2.29. The van der Waals surface area contributed by atoms with Crippen molar-refractivity contribution in [2.45, 2.75) is 51.1 Å². The molecule has 2 heterocycles. The van der Waals surface area contributed by atoms with Gasteiger partial charge in [0.1, 0.15) is 0 Å². The number of benzene rings is 1. The molecular formula is C18H21BN2O2. The van der Waals surface area contributed by atoms with Gasteiger partial charge in [0.2, 0.25) is 0 Å². The number of pyridine rings is 1. The summed E-state index contributed by atoms with van der Waals surface area (Å²) in [4.78, 5) is 4.32. The third-order valence-corrected chi connectivity index (χ3v) is 4.92. The van der Waals surface area contributed by atoms with Crippen molar-refractivity contribution < 1.29 is 9.31 Å². The predicted octanol–water partition coefficient (Wildman–Crippen LogP) is 3.93. The molecule has 1 atom stereocenters. The van der Waals surface area contributed by atoms with Crippen LogP contribution in [0.5, 0.6) is 0 Å². The Morgan fingerprint density at radius 3 is 2.52 bits per heavy atom. The Labute approximate surface area is 137 Å². The van der Waals surface area contributed by atoms with Gasteiger partial charge in [-0.15, -0.1) is 0 Å². The number of aromatic nitrogens is 1. The van der Waals surface area contributed by atoms with Gasteiger partial charge >= 0.3 is 7.12 Å². The minimum absolute atomic E-state index is 0.269.